The van der Waals surface area contributed by atoms with E-state index in [1.54, 1.807) is 10.7 Å². The molecule has 1 aromatic heterocycles. The van der Waals surface area contributed by atoms with E-state index in [4.69, 9.17) is 0 Å². The fraction of sp³-hybridized carbons (Fsp3) is 0.733. The lowest BCUT2D eigenvalue weighted by Crippen LogP contribution is -2.32. The summed E-state index contributed by atoms with van der Waals surface area (Å²) in [7, 11) is 0. The number of thiol groups is 1. The van der Waals surface area contributed by atoms with Crippen molar-refractivity contribution < 1.29 is 0 Å². The molecule has 4 nitrogen and oxygen atoms in total. The number of nitrogens with zero attached hydrogens (tertiary/aromatic N) is 3. The van der Waals surface area contributed by atoms with E-state index in [1.165, 1.54) is 19.3 Å². The van der Waals surface area contributed by atoms with Crippen LogP contribution in [-0.2, 0) is 6.54 Å². The van der Waals surface area contributed by atoms with E-state index in [-0.39, 0.29) is 5.56 Å². The fourth-order valence-corrected chi connectivity index (χ4v) is 3.07. The van der Waals surface area contributed by atoms with Crippen molar-refractivity contribution in [2.45, 2.75) is 45.6 Å². The third kappa shape index (κ3) is 4.27. The maximum Gasteiger partial charge on any atom is 0.268 e. The third-order valence-corrected chi connectivity index (χ3v) is 4.29. The first-order chi connectivity index (χ1) is 9.70. The van der Waals surface area contributed by atoms with Gasteiger partial charge in [0.25, 0.3) is 5.56 Å². The van der Waals surface area contributed by atoms with Crippen LogP contribution in [0.3, 0.4) is 0 Å². The number of rotatable bonds is 6. The van der Waals surface area contributed by atoms with Crippen molar-refractivity contribution in [1.29, 1.82) is 0 Å². The number of hydrogen-bond donors (Lipinski definition) is 1. The Hall–Kier alpha value is -0.970. The molecule has 1 aromatic rings. The lowest BCUT2D eigenvalue weighted by molar-refractivity contribution is 0.439. The van der Waals surface area contributed by atoms with E-state index in [0.29, 0.717) is 12.5 Å². The van der Waals surface area contributed by atoms with Gasteiger partial charge >= 0.3 is 0 Å². The molecule has 0 amide bonds. The van der Waals surface area contributed by atoms with Gasteiger partial charge in [0.1, 0.15) is 0 Å². The quantitative estimate of drug-likeness (QED) is 0.820. The minimum absolute atomic E-state index is 0.0196. The van der Waals surface area contributed by atoms with Gasteiger partial charge in [-0.1, -0.05) is 6.92 Å². The number of piperidine rings is 1. The summed E-state index contributed by atoms with van der Waals surface area (Å²) in [6, 6.07) is 1.74. The molecule has 1 saturated heterocycles. The molecule has 0 N–H and O–H groups in total. The van der Waals surface area contributed by atoms with Gasteiger partial charge in [0.2, 0.25) is 0 Å². The van der Waals surface area contributed by atoms with Crippen LogP contribution in [0.15, 0.2) is 17.1 Å². The van der Waals surface area contributed by atoms with E-state index in [1.807, 2.05) is 6.20 Å². The van der Waals surface area contributed by atoms with E-state index in [2.05, 4.69) is 29.6 Å². The highest BCUT2D eigenvalue weighted by Crippen LogP contribution is 2.17. The molecule has 0 bridgehead atoms. The van der Waals surface area contributed by atoms with Crippen LogP contribution >= 0.6 is 12.6 Å². The Bertz CT molecular complexity index is 468. The first-order valence-electron chi connectivity index (χ1n) is 7.63. The molecule has 0 aromatic carbocycles. The number of anilines is 1. The van der Waals surface area contributed by atoms with E-state index >= 15 is 0 Å². The van der Waals surface area contributed by atoms with Gasteiger partial charge in [-0.2, -0.15) is 17.7 Å². The smallest absolute Gasteiger partial charge is 0.268 e. The van der Waals surface area contributed by atoms with Gasteiger partial charge in [-0.3, -0.25) is 4.79 Å². The van der Waals surface area contributed by atoms with Gasteiger partial charge in [-0.05, 0) is 43.8 Å². The number of aromatic nitrogens is 2. The maximum atomic E-state index is 12.1. The molecule has 1 fully saturated rings. The second-order valence-corrected chi connectivity index (χ2v) is 6.18. The molecule has 1 aliphatic heterocycles. The predicted octanol–water partition coefficient (Wildman–Crippen LogP) is 2.58. The minimum atomic E-state index is 0.0196. The molecule has 20 heavy (non-hydrogen) atoms. The summed E-state index contributed by atoms with van der Waals surface area (Å²) >= 11 is 4.24. The summed E-state index contributed by atoms with van der Waals surface area (Å²) in [6.45, 7) is 4.99. The van der Waals surface area contributed by atoms with Crippen molar-refractivity contribution in [3.8, 4) is 0 Å². The summed E-state index contributed by atoms with van der Waals surface area (Å²) in [5.74, 6) is 1.49. The molecule has 0 radical (unpaired) electrons. The molecular weight excluding hydrogens is 270 g/mol. The Labute approximate surface area is 126 Å². The van der Waals surface area contributed by atoms with Crippen LogP contribution in [0.4, 0.5) is 5.69 Å². The van der Waals surface area contributed by atoms with Crippen LogP contribution < -0.4 is 10.5 Å². The SMILES string of the molecule is CC(CCS)CCn1ncc(N2CCCCC2)cc1=O. The van der Waals surface area contributed by atoms with Gasteiger partial charge in [0.05, 0.1) is 11.9 Å². The second-order valence-electron chi connectivity index (χ2n) is 5.73. The van der Waals surface area contributed by atoms with Crippen LogP contribution in [0.2, 0.25) is 0 Å². The van der Waals surface area contributed by atoms with Gasteiger partial charge in [-0.25, -0.2) is 4.68 Å². The fourth-order valence-electron chi connectivity index (χ4n) is 2.62. The largest absolute Gasteiger partial charge is 0.370 e. The summed E-state index contributed by atoms with van der Waals surface area (Å²) in [6.07, 6.45) is 7.63. The number of hydrogen-bond acceptors (Lipinski definition) is 4. The van der Waals surface area contributed by atoms with Crippen molar-refractivity contribution in [3.63, 3.8) is 0 Å². The van der Waals surface area contributed by atoms with Crippen molar-refractivity contribution in [2.24, 2.45) is 5.92 Å². The predicted molar refractivity (Wildman–Crippen MR) is 86.8 cm³/mol. The van der Waals surface area contributed by atoms with E-state index < -0.39 is 0 Å². The maximum absolute atomic E-state index is 12.1. The first kappa shape index (κ1) is 15.4. The van der Waals surface area contributed by atoms with Gasteiger partial charge < -0.3 is 4.90 Å². The molecule has 2 heterocycles. The van der Waals surface area contributed by atoms with Gasteiger partial charge in [0, 0.05) is 25.7 Å². The summed E-state index contributed by atoms with van der Waals surface area (Å²) in [5.41, 5.74) is 1.00. The summed E-state index contributed by atoms with van der Waals surface area (Å²) in [5, 5.41) is 4.33. The highest BCUT2D eigenvalue weighted by molar-refractivity contribution is 7.80. The molecule has 2 rings (SSSR count). The minimum Gasteiger partial charge on any atom is -0.370 e. The standard InChI is InChI=1S/C15H25N3OS/c1-13(6-10-20)5-9-18-15(19)11-14(12-16-18)17-7-3-2-4-8-17/h11-13,20H,2-10H2,1H3. The van der Waals surface area contributed by atoms with Crippen LogP contribution in [-0.4, -0.2) is 28.6 Å². The molecule has 0 aliphatic carbocycles. The van der Waals surface area contributed by atoms with Crippen molar-refractivity contribution in [3.05, 3.63) is 22.6 Å². The van der Waals surface area contributed by atoms with Gasteiger partial charge in [-0.15, -0.1) is 0 Å². The van der Waals surface area contributed by atoms with E-state index in [9.17, 15) is 4.79 Å². The molecule has 0 saturated carbocycles. The van der Waals surface area contributed by atoms with E-state index in [0.717, 1.165) is 37.4 Å². The molecule has 1 aliphatic rings. The average Bonchev–Trinajstić information content (AvgIpc) is 2.47. The lowest BCUT2D eigenvalue weighted by Gasteiger charge is -2.28. The Morgan fingerprint density at radius 2 is 2.05 bits per heavy atom. The normalized spacial score (nSPS) is 17.2. The highest BCUT2D eigenvalue weighted by Gasteiger charge is 2.12. The average molecular weight is 295 g/mol. The van der Waals surface area contributed by atoms with Crippen LogP contribution in [0.1, 0.15) is 39.0 Å². The monoisotopic (exact) mass is 295 g/mol. The van der Waals surface area contributed by atoms with Crippen molar-refractivity contribution in [2.75, 3.05) is 23.7 Å². The Morgan fingerprint density at radius 3 is 2.70 bits per heavy atom. The second kappa shape index (κ2) is 7.72. The first-order valence-corrected chi connectivity index (χ1v) is 8.27. The van der Waals surface area contributed by atoms with Crippen LogP contribution in [0, 0.1) is 5.92 Å². The molecule has 0 spiro atoms. The van der Waals surface area contributed by atoms with Crippen LogP contribution in [0.25, 0.3) is 0 Å². The number of aryl methyl sites for hydroxylation is 1. The third-order valence-electron chi connectivity index (χ3n) is 4.03. The highest BCUT2D eigenvalue weighted by atomic mass is 32.1. The summed E-state index contributed by atoms with van der Waals surface area (Å²) < 4.78 is 1.59. The topological polar surface area (TPSA) is 38.1 Å². The molecule has 1 unspecified atom stereocenters. The Kier molecular flexibility index (Phi) is 5.95. The lowest BCUT2D eigenvalue weighted by atomic mass is 10.1. The zero-order valence-electron chi connectivity index (χ0n) is 12.3. The summed E-state index contributed by atoms with van der Waals surface area (Å²) in [4.78, 5) is 14.4. The molecular formula is C15H25N3OS. The van der Waals surface area contributed by atoms with Gasteiger partial charge in [0.15, 0.2) is 0 Å². The Morgan fingerprint density at radius 1 is 1.30 bits per heavy atom. The zero-order valence-corrected chi connectivity index (χ0v) is 13.2. The van der Waals surface area contributed by atoms with Crippen LogP contribution in [0.5, 0.6) is 0 Å². The molecule has 112 valence electrons. The molecule has 5 heteroatoms. The van der Waals surface area contributed by atoms with Crippen molar-refractivity contribution in [1.82, 2.24) is 9.78 Å². The Balaban J connectivity index is 1.96. The molecule has 1 atom stereocenters. The zero-order chi connectivity index (χ0) is 14.4. The van der Waals surface area contributed by atoms with Crippen molar-refractivity contribution >= 4 is 18.3 Å².